The second-order valence-corrected chi connectivity index (χ2v) is 5.71. The SMILES string of the molecule is NNC(CSc1cccc(F)c1)Cc1cc(F)cc(F)c1. The van der Waals surface area contributed by atoms with Gasteiger partial charge in [-0.25, -0.2) is 13.2 Å². The van der Waals surface area contributed by atoms with E-state index in [1.165, 1.54) is 36.0 Å². The zero-order valence-corrected chi connectivity index (χ0v) is 12.0. The lowest BCUT2D eigenvalue weighted by Crippen LogP contribution is -2.38. The normalized spacial score (nSPS) is 12.4. The molecule has 21 heavy (non-hydrogen) atoms. The van der Waals surface area contributed by atoms with Gasteiger partial charge in [-0.1, -0.05) is 6.07 Å². The van der Waals surface area contributed by atoms with E-state index in [2.05, 4.69) is 5.43 Å². The standard InChI is InChI=1S/C15H15F3N2S/c16-11-2-1-3-15(8-11)21-9-14(20-19)6-10-4-12(17)7-13(18)5-10/h1-5,7-8,14,20H,6,9,19H2. The van der Waals surface area contributed by atoms with Crippen LogP contribution in [0.2, 0.25) is 0 Å². The van der Waals surface area contributed by atoms with Crippen LogP contribution < -0.4 is 11.3 Å². The van der Waals surface area contributed by atoms with E-state index in [0.29, 0.717) is 17.7 Å². The summed E-state index contributed by atoms with van der Waals surface area (Å²) in [5.41, 5.74) is 3.14. The first-order valence-electron chi connectivity index (χ1n) is 6.36. The molecule has 3 N–H and O–H groups in total. The predicted molar refractivity (Wildman–Crippen MR) is 78.3 cm³/mol. The van der Waals surface area contributed by atoms with E-state index in [9.17, 15) is 13.2 Å². The summed E-state index contributed by atoms with van der Waals surface area (Å²) >= 11 is 1.42. The van der Waals surface area contributed by atoms with Gasteiger partial charge in [0, 0.05) is 22.8 Å². The van der Waals surface area contributed by atoms with Gasteiger partial charge in [0.25, 0.3) is 0 Å². The van der Waals surface area contributed by atoms with E-state index in [1.54, 1.807) is 12.1 Å². The van der Waals surface area contributed by atoms with Crippen LogP contribution in [-0.2, 0) is 6.42 Å². The van der Waals surface area contributed by atoms with Gasteiger partial charge in [0.1, 0.15) is 17.5 Å². The monoisotopic (exact) mass is 312 g/mol. The summed E-state index contributed by atoms with van der Waals surface area (Å²) in [5, 5.41) is 0. The molecule has 0 saturated carbocycles. The Kier molecular flexibility index (Phi) is 5.67. The fourth-order valence-electron chi connectivity index (χ4n) is 1.93. The van der Waals surface area contributed by atoms with Gasteiger partial charge in [0.05, 0.1) is 0 Å². The van der Waals surface area contributed by atoms with Gasteiger partial charge >= 0.3 is 0 Å². The number of hydrogen-bond acceptors (Lipinski definition) is 3. The van der Waals surface area contributed by atoms with E-state index < -0.39 is 11.6 Å². The first-order chi connectivity index (χ1) is 10.1. The van der Waals surface area contributed by atoms with Crippen LogP contribution >= 0.6 is 11.8 Å². The number of halogens is 3. The van der Waals surface area contributed by atoms with Crippen molar-refractivity contribution in [3.05, 3.63) is 65.5 Å². The number of benzene rings is 2. The second kappa shape index (κ2) is 7.49. The fraction of sp³-hybridized carbons (Fsp3) is 0.200. The molecule has 0 amide bonds. The second-order valence-electron chi connectivity index (χ2n) is 4.61. The predicted octanol–water partition coefficient (Wildman–Crippen LogP) is 3.27. The highest BCUT2D eigenvalue weighted by Crippen LogP contribution is 2.20. The van der Waals surface area contributed by atoms with Gasteiger partial charge < -0.3 is 0 Å². The highest BCUT2D eigenvalue weighted by Gasteiger charge is 2.11. The van der Waals surface area contributed by atoms with Crippen molar-refractivity contribution in [3.63, 3.8) is 0 Å². The molecule has 0 bridgehead atoms. The summed E-state index contributed by atoms with van der Waals surface area (Å²) < 4.78 is 39.4. The van der Waals surface area contributed by atoms with Crippen molar-refractivity contribution in [1.82, 2.24) is 5.43 Å². The average molecular weight is 312 g/mol. The lowest BCUT2D eigenvalue weighted by molar-refractivity contribution is 0.556. The molecule has 0 aliphatic carbocycles. The van der Waals surface area contributed by atoms with Crippen LogP contribution in [0.15, 0.2) is 47.4 Å². The van der Waals surface area contributed by atoms with Gasteiger partial charge in [0.15, 0.2) is 0 Å². The lowest BCUT2D eigenvalue weighted by atomic mass is 10.1. The van der Waals surface area contributed by atoms with Crippen molar-refractivity contribution < 1.29 is 13.2 Å². The molecule has 1 unspecified atom stereocenters. The summed E-state index contributed by atoms with van der Waals surface area (Å²) in [6, 6.07) is 9.43. The Bertz CT molecular complexity index is 587. The van der Waals surface area contributed by atoms with Crippen LogP contribution in [0.4, 0.5) is 13.2 Å². The molecule has 2 nitrogen and oxygen atoms in total. The van der Waals surface area contributed by atoms with E-state index in [4.69, 9.17) is 5.84 Å². The molecule has 0 fully saturated rings. The third-order valence-corrected chi connectivity index (χ3v) is 4.04. The molecule has 0 heterocycles. The molecule has 2 aromatic rings. The lowest BCUT2D eigenvalue weighted by Gasteiger charge is -2.15. The third kappa shape index (κ3) is 5.08. The van der Waals surface area contributed by atoms with Crippen molar-refractivity contribution >= 4 is 11.8 Å². The topological polar surface area (TPSA) is 38.0 Å². The molecule has 0 spiro atoms. The number of nitrogens with one attached hydrogen (secondary N) is 1. The molecule has 0 aliphatic heterocycles. The fourth-order valence-corrected chi connectivity index (χ4v) is 2.91. The molecule has 6 heteroatoms. The minimum Gasteiger partial charge on any atom is -0.271 e. The Hall–Kier alpha value is -1.50. The number of hydrazine groups is 1. The molecule has 0 radical (unpaired) electrons. The summed E-state index contributed by atoms with van der Waals surface area (Å²) in [6.07, 6.45) is 0.382. The summed E-state index contributed by atoms with van der Waals surface area (Å²) in [5.74, 6) is 4.49. The maximum Gasteiger partial charge on any atom is 0.126 e. The van der Waals surface area contributed by atoms with E-state index in [-0.39, 0.29) is 11.9 Å². The molecular formula is C15H15F3N2S. The molecule has 1 atom stereocenters. The molecule has 2 aromatic carbocycles. The molecule has 2 rings (SSSR count). The van der Waals surface area contributed by atoms with Crippen molar-refractivity contribution in [1.29, 1.82) is 0 Å². The number of rotatable bonds is 6. The van der Waals surface area contributed by atoms with E-state index in [0.717, 1.165) is 11.0 Å². The van der Waals surface area contributed by atoms with Crippen LogP contribution in [0.1, 0.15) is 5.56 Å². The first kappa shape index (κ1) is 15.9. The Balaban J connectivity index is 1.96. The van der Waals surface area contributed by atoms with Crippen LogP contribution in [0, 0.1) is 17.5 Å². The zero-order chi connectivity index (χ0) is 15.2. The maximum atomic E-state index is 13.1. The quantitative estimate of drug-likeness (QED) is 0.488. The first-order valence-corrected chi connectivity index (χ1v) is 7.35. The van der Waals surface area contributed by atoms with Gasteiger partial charge in [-0.3, -0.25) is 11.3 Å². The molecular weight excluding hydrogens is 297 g/mol. The third-order valence-electron chi connectivity index (χ3n) is 2.89. The Labute approximate surface area is 125 Å². The Morgan fingerprint density at radius 2 is 1.71 bits per heavy atom. The highest BCUT2D eigenvalue weighted by molar-refractivity contribution is 7.99. The summed E-state index contributed by atoms with van der Waals surface area (Å²) in [4.78, 5) is 0.778. The zero-order valence-electron chi connectivity index (χ0n) is 11.2. The number of nitrogens with two attached hydrogens (primary N) is 1. The van der Waals surface area contributed by atoms with Crippen LogP contribution in [-0.4, -0.2) is 11.8 Å². The Morgan fingerprint density at radius 1 is 1.00 bits per heavy atom. The maximum absolute atomic E-state index is 13.1. The van der Waals surface area contributed by atoms with Crippen molar-refractivity contribution in [3.8, 4) is 0 Å². The highest BCUT2D eigenvalue weighted by atomic mass is 32.2. The van der Waals surface area contributed by atoms with Gasteiger partial charge in [-0.15, -0.1) is 11.8 Å². The Morgan fingerprint density at radius 3 is 2.33 bits per heavy atom. The van der Waals surface area contributed by atoms with Crippen molar-refractivity contribution in [2.24, 2.45) is 5.84 Å². The van der Waals surface area contributed by atoms with Gasteiger partial charge in [-0.2, -0.15) is 0 Å². The average Bonchev–Trinajstić information content (AvgIpc) is 2.42. The molecule has 0 aliphatic rings. The molecule has 0 saturated heterocycles. The van der Waals surface area contributed by atoms with Crippen LogP contribution in [0.3, 0.4) is 0 Å². The molecule has 0 aromatic heterocycles. The van der Waals surface area contributed by atoms with Crippen molar-refractivity contribution in [2.45, 2.75) is 17.4 Å². The largest absolute Gasteiger partial charge is 0.271 e. The van der Waals surface area contributed by atoms with Gasteiger partial charge in [0.2, 0.25) is 0 Å². The van der Waals surface area contributed by atoms with Crippen molar-refractivity contribution in [2.75, 3.05) is 5.75 Å². The molecule has 112 valence electrons. The minimum absolute atomic E-state index is 0.181. The minimum atomic E-state index is -0.612. The smallest absolute Gasteiger partial charge is 0.126 e. The number of thioether (sulfide) groups is 1. The van der Waals surface area contributed by atoms with Gasteiger partial charge in [-0.05, 0) is 42.3 Å². The van der Waals surface area contributed by atoms with Crippen LogP contribution in [0.5, 0.6) is 0 Å². The van der Waals surface area contributed by atoms with E-state index in [1.807, 2.05) is 0 Å². The van der Waals surface area contributed by atoms with Crippen LogP contribution in [0.25, 0.3) is 0 Å². The number of hydrogen-bond donors (Lipinski definition) is 2. The van der Waals surface area contributed by atoms with E-state index >= 15 is 0 Å². The summed E-state index contributed by atoms with van der Waals surface area (Å²) in [6.45, 7) is 0. The summed E-state index contributed by atoms with van der Waals surface area (Å²) in [7, 11) is 0.